The molecule has 0 aromatic heterocycles. The van der Waals surface area contributed by atoms with Crippen molar-refractivity contribution in [2.24, 2.45) is 5.92 Å². The Bertz CT molecular complexity index is 493. The van der Waals surface area contributed by atoms with E-state index in [4.69, 9.17) is 4.74 Å². The number of phenolic OH excluding ortho intramolecular Hbond substituents is 2. The third kappa shape index (κ3) is 3.04. The summed E-state index contributed by atoms with van der Waals surface area (Å²) in [6.07, 6.45) is 2.01. The number of para-hydroxylation sites is 1. The Hall–Kier alpha value is -1.75. The predicted octanol–water partition coefficient (Wildman–Crippen LogP) is 1.01. The summed E-state index contributed by atoms with van der Waals surface area (Å²) in [6, 6.07) is 4.28. The maximum Gasteiger partial charge on any atom is 0.342 e. The van der Waals surface area contributed by atoms with Crippen LogP contribution >= 0.6 is 0 Å². The number of rotatable bonds is 3. The molecule has 1 aliphatic heterocycles. The molecule has 110 valence electrons. The quantitative estimate of drug-likeness (QED) is 0.570. The van der Waals surface area contributed by atoms with Gasteiger partial charge in [-0.2, -0.15) is 0 Å². The van der Waals surface area contributed by atoms with Crippen LogP contribution in [0.15, 0.2) is 18.2 Å². The number of hydrogen-bond acceptors (Lipinski definition) is 4. The van der Waals surface area contributed by atoms with Gasteiger partial charge >= 0.3 is 5.97 Å². The summed E-state index contributed by atoms with van der Waals surface area (Å²) < 4.78 is 5.58. The minimum absolute atomic E-state index is 0.000414. The lowest BCUT2D eigenvalue weighted by molar-refractivity contribution is -0.665. The first kappa shape index (κ1) is 14.7. The van der Waals surface area contributed by atoms with Gasteiger partial charge in [-0.1, -0.05) is 6.07 Å². The van der Waals surface area contributed by atoms with Gasteiger partial charge in [-0.25, -0.2) is 4.79 Å². The minimum atomic E-state index is -0.599. The van der Waals surface area contributed by atoms with Crippen LogP contribution in [0.1, 0.15) is 37.0 Å². The number of piperidine rings is 1. The van der Waals surface area contributed by atoms with Gasteiger partial charge in [0.2, 0.25) is 0 Å². The maximum absolute atomic E-state index is 12.2. The van der Waals surface area contributed by atoms with Crippen molar-refractivity contribution in [2.45, 2.75) is 32.3 Å². The monoisotopic (exact) mass is 280 g/mol. The molecule has 4 N–H and O–H groups in total. The number of carbonyl (C=O) groups is 1. The summed E-state index contributed by atoms with van der Waals surface area (Å²) in [5.41, 5.74) is -0.580. The van der Waals surface area contributed by atoms with E-state index in [9.17, 15) is 15.0 Å². The minimum Gasteiger partial charge on any atom is -0.504 e. The maximum atomic E-state index is 12.2. The van der Waals surface area contributed by atoms with Crippen LogP contribution in [0.2, 0.25) is 0 Å². The Kier molecular flexibility index (Phi) is 4.18. The Morgan fingerprint density at radius 2 is 1.95 bits per heavy atom. The Morgan fingerprint density at radius 3 is 2.60 bits per heavy atom. The number of phenols is 2. The molecule has 1 aliphatic rings. The van der Waals surface area contributed by atoms with Crippen molar-refractivity contribution in [1.29, 1.82) is 0 Å². The molecular weight excluding hydrogens is 258 g/mol. The fraction of sp³-hybridized carbons (Fsp3) is 0.533. The molecule has 0 amide bonds. The highest BCUT2D eigenvalue weighted by atomic mass is 16.6. The summed E-state index contributed by atoms with van der Waals surface area (Å²) >= 11 is 0. The molecule has 1 aromatic carbocycles. The van der Waals surface area contributed by atoms with Gasteiger partial charge in [0, 0.05) is 18.8 Å². The van der Waals surface area contributed by atoms with Gasteiger partial charge in [-0.3, -0.25) is 0 Å². The summed E-state index contributed by atoms with van der Waals surface area (Å²) in [5.74, 6) is -1.02. The lowest BCUT2D eigenvalue weighted by atomic mass is 9.83. The number of benzene rings is 1. The molecule has 1 aromatic rings. The topological polar surface area (TPSA) is 83.4 Å². The second-order valence-electron chi connectivity index (χ2n) is 5.81. The molecule has 5 heteroatoms. The van der Waals surface area contributed by atoms with Crippen LogP contribution < -0.4 is 5.32 Å². The van der Waals surface area contributed by atoms with Gasteiger partial charge in [0.25, 0.3) is 0 Å². The molecule has 0 bridgehead atoms. The number of nitrogens with two attached hydrogens (primary N) is 1. The largest absolute Gasteiger partial charge is 0.504 e. The Labute approximate surface area is 118 Å². The molecule has 2 rings (SSSR count). The van der Waals surface area contributed by atoms with E-state index in [2.05, 4.69) is 5.32 Å². The van der Waals surface area contributed by atoms with E-state index in [1.807, 2.05) is 13.8 Å². The highest BCUT2D eigenvalue weighted by Crippen LogP contribution is 2.32. The van der Waals surface area contributed by atoms with Crippen molar-refractivity contribution < 1.29 is 25.1 Å². The first-order valence-corrected chi connectivity index (χ1v) is 6.98. The van der Waals surface area contributed by atoms with Gasteiger partial charge in [0.05, 0.1) is 13.1 Å². The van der Waals surface area contributed by atoms with Gasteiger partial charge in [-0.15, -0.1) is 0 Å². The number of hydrogen-bond donors (Lipinski definition) is 3. The van der Waals surface area contributed by atoms with Gasteiger partial charge in [-0.05, 0) is 26.0 Å². The zero-order chi connectivity index (χ0) is 14.8. The van der Waals surface area contributed by atoms with Crippen LogP contribution in [0, 0.1) is 5.92 Å². The lowest BCUT2D eigenvalue weighted by Gasteiger charge is -2.35. The molecule has 1 fully saturated rings. The van der Waals surface area contributed by atoms with Crippen molar-refractivity contribution in [3.63, 3.8) is 0 Å². The smallest absolute Gasteiger partial charge is 0.342 e. The second-order valence-corrected chi connectivity index (χ2v) is 5.81. The highest BCUT2D eigenvalue weighted by molar-refractivity contribution is 5.93. The molecule has 0 saturated carbocycles. The molecule has 0 aliphatic carbocycles. The van der Waals surface area contributed by atoms with Crippen LogP contribution in [0.5, 0.6) is 11.5 Å². The van der Waals surface area contributed by atoms with Crippen LogP contribution in [-0.4, -0.2) is 34.9 Å². The molecule has 5 nitrogen and oxygen atoms in total. The third-order valence-corrected chi connectivity index (χ3v) is 4.01. The number of esters is 1. The van der Waals surface area contributed by atoms with Crippen molar-refractivity contribution in [1.82, 2.24) is 0 Å². The molecule has 0 unspecified atom stereocenters. The number of ether oxygens (including phenoxy) is 1. The highest BCUT2D eigenvalue weighted by Gasteiger charge is 2.36. The lowest BCUT2D eigenvalue weighted by Crippen LogP contribution is -2.86. The van der Waals surface area contributed by atoms with Gasteiger partial charge in [0.15, 0.2) is 11.5 Å². The van der Waals surface area contributed by atoms with Crippen molar-refractivity contribution in [3.05, 3.63) is 23.8 Å². The van der Waals surface area contributed by atoms with Crippen molar-refractivity contribution in [3.8, 4) is 11.5 Å². The SMILES string of the molecule is CC(C)(OC(=O)c1cccc(O)c1O)C1CC[NH2+]CC1. The summed E-state index contributed by atoms with van der Waals surface area (Å²) in [7, 11) is 0. The molecule has 1 saturated heterocycles. The summed E-state index contributed by atoms with van der Waals surface area (Å²) in [5, 5.41) is 21.4. The molecule has 0 spiro atoms. The first-order valence-electron chi connectivity index (χ1n) is 6.98. The summed E-state index contributed by atoms with van der Waals surface area (Å²) in [4.78, 5) is 12.2. The number of aromatic hydroxyl groups is 2. The average Bonchev–Trinajstić information content (AvgIpc) is 2.42. The third-order valence-electron chi connectivity index (χ3n) is 4.01. The Morgan fingerprint density at radius 1 is 1.30 bits per heavy atom. The van der Waals surface area contributed by atoms with E-state index < -0.39 is 17.3 Å². The van der Waals surface area contributed by atoms with E-state index in [0.29, 0.717) is 5.92 Å². The molecular formula is C15H22NO4+. The molecule has 20 heavy (non-hydrogen) atoms. The van der Waals surface area contributed by atoms with Crippen molar-refractivity contribution in [2.75, 3.05) is 13.1 Å². The van der Waals surface area contributed by atoms with E-state index in [1.165, 1.54) is 18.2 Å². The normalized spacial score (nSPS) is 16.9. The Balaban J connectivity index is 2.11. The van der Waals surface area contributed by atoms with Crippen LogP contribution in [0.4, 0.5) is 0 Å². The standard InChI is InChI=1S/C15H21NO4/c1-15(2,10-6-8-16-9-7-10)20-14(19)11-4-3-5-12(17)13(11)18/h3-5,10,16-18H,6-9H2,1-2H3/p+1. The van der Waals surface area contributed by atoms with E-state index >= 15 is 0 Å². The zero-order valence-corrected chi connectivity index (χ0v) is 11.9. The van der Waals surface area contributed by atoms with Gasteiger partial charge < -0.3 is 20.3 Å². The predicted molar refractivity (Wildman–Crippen MR) is 73.6 cm³/mol. The molecule has 1 heterocycles. The van der Waals surface area contributed by atoms with E-state index in [1.54, 1.807) is 0 Å². The first-order chi connectivity index (χ1) is 9.42. The molecule has 0 radical (unpaired) electrons. The van der Waals surface area contributed by atoms with Crippen molar-refractivity contribution >= 4 is 5.97 Å². The van der Waals surface area contributed by atoms with Crippen LogP contribution in [0.25, 0.3) is 0 Å². The average molecular weight is 280 g/mol. The van der Waals surface area contributed by atoms with E-state index in [-0.39, 0.29) is 11.3 Å². The van der Waals surface area contributed by atoms with Crippen LogP contribution in [-0.2, 0) is 4.74 Å². The number of quaternary nitrogens is 1. The number of carbonyl (C=O) groups excluding carboxylic acids is 1. The van der Waals surface area contributed by atoms with Gasteiger partial charge in [0.1, 0.15) is 11.2 Å². The summed E-state index contributed by atoms with van der Waals surface area (Å²) in [6.45, 7) is 5.90. The van der Waals surface area contributed by atoms with Crippen LogP contribution in [0.3, 0.4) is 0 Å². The second kappa shape index (κ2) is 5.71. The fourth-order valence-corrected chi connectivity index (χ4v) is 2.70. The van der Waals surface area contributed by atoms with E-state index in [0.717, 1.165) is 25.9 Å². The zero-order valence-electron chi connectivity index (χ0n) is 11.9. The fourth-order valence-electron chi connectivity index (χ4n) is 2.70. The molecule has 0 atom stereocenters.